The summed E-state index contributed by atoms with van der Waals surface area (Å²) < 4.78 is 1.27. The van der Waals surface area contributed by atoms with Crippen LogP contribution in [-0.4, -0.2) is 34.5 Å². The molecule has 0 bridgehead atoms. The first-order valence-corrected chi connectivity index (χ1v) is 9.40. The molecule has 7 nitrogen and oxygen atoms in total. The van der Waals surface area contributed by atoms with Crippen LogP contribution in [0.15, 0.2) is 41.5 Å². The number of hydrogen-bond donors (Lipinski definition) is 2. The lowest BCUT2D eigenvalue weighted by Crippen LogP contribution is -2.39. The zero-order chi connectivity index (χ0) is 19.4. The lowest BCUT2D eigenvalue weighted by Gasteiger charge is -2.08. The van der Waals surface area contributed by atoms with E-state index in [-0.39, 0.29) is 24.6 Å². The summed E-state index contributed by atoms with van der Waals surface area (Å²) >= 11 is 1.46. The molecule has 27 heavy (non-hydrogen) atoms. The maximum Gasteiger partial charge on any atom is 0.263 e. The molecule has 0 aliphatic rings. The molecule has 1 aromatic carbocycles. The van der Waals surface area contributed by atoms with Crippen molar-refractivity contribution in [3.8, 4) is 11.1 Å². The van der Waals surface area contributed by atoms with Crippen LogP contribution in [0, 0.1) is 6.92 Å². The van der Waals surface area contributed by atoms with E-state index in [2.05, 4.69) is 15.6 Å². The van der Waals surface area contributed by atoms with E-state index in [4.69, 9.17) is 0 Å². The molecular formula is C19H20N4O3S. The minimum absolute atomic E-state index is 0.121. The van der Waals surface area contributed by atoms with Crippen molar-refractivity contribution >= 4 is 33.4 Å². The van der Waals surface area contributed by atoms with Gasteiger partial charge in [0.1, 0.15) is 11.4 Å². The number of amides is 2. The van der Waals surface area contributed by atoms with Crippen molar-refractivity contribution in [3.05, 3.63) is 51.9 Å². The van der Waals surface area contributed by atoms with Gasteiger partial charge in [0, 0.05) is 17.0 Å². The summed E-state index contributed by atoms with van der Waals surface area (Å²) in [6.45, 7) is 3.94. The van der Waals surface area contributed by atoms with E-state index in [1.807, 2.05) is 37.3 Å². The maximum absolute atomic E-state index is 13.0. The third-order valence-electron chi connectivity index (χ3n) is 4.05. The summed E-state index contributed by atoms with van der Waals surface area (Å²) in [6, 6.07) is 9.65. The largest absolute Gasteiger partial charge is 0.355 e. The van der Waals surface area contributed by atoms with Crippen LogP contribution >= 0.6 is 11.3 Å². The van der Waals surface area contributed by atoms with Gasteiger partial charge in [-0.05, 0) is 19.4 Å². The van der Waals surface area contributed by atoms with Crippen LogP contribution in [0.25, 0.3) is 21.3 Å². The Balaban J connectivity index is 1.90. The molecule has 2 amide bonds. The number of aromatic nitrogens is 2. The quantitative estimate of drug-likeness (QED) is 0.676. The minimum atomic E-state index is -0.419. The van der Waals surface area contributed by atoms with Crippen LogP contribution in [-0.2, 0) is 16.1 Å². The van der Waals surface area contributed by atoms with Crippen LogP contribution < -0.4 is 16.2 Å². The Morgan fingerprint density at radius 3 is 2.59 bits per heavy atom. The van der Waals surface area contributed by atoms with Gasteiger partial charge in [0.25, 0.3) is 5.56 Å². The number of nitrogens with zero attached hydrogens (tertiary/aromatic N) is 2. The first kappa shape index (κ1) is 18.8. The molecule has 0 unspecified atom stereocenters. The number of fused-ring (bicyclic) bond motifs is 1. The smallest absolute Gasteiger partial charge is 0.263 e. The SMILES string of the molecule is CCNC(=O)CNC(=O)Cn1cnc2sc(C)c(-c3ccccc3)c2c1=O. The van der Waals surface area contributed by atoms with Gasteiger partial charge in [-0.15, -0.1) is 11.3 Å². The van der Waals surface area contributed by atoms with Crippen molar-refractivity contribution in [2.45, 2.75) is 20.4 Å². The van der Waals surface area contributed by atoms with Gasteiger partial charge < -0.3 is 10.6 Å². The van der Waals surface area contributed by atoms with Crippen molar-refractivity contribution in [3.63, 3.8) is 0 Å². The highest BCUT2D eigenvalue weighted by molar-refractivity contribution is 7.19. The van der Waals surface area contributed by atoms with Gasteiger partial charge in [0.2, 0.25) is 11.8 Å². The van der Waals surface area contributed by atoms with E-state index in [1.165, 1.54) is 22.2 Å². The summed E-state index contributed by atoms with van der Waals surface area (Å²) in [5.41, 5.74) is 1.53. The molecule has 2 aromatic heterocycles. The van der Waals surface area contributed by atoms with Crippen molar-refractivity contribution < 1.29 is 9.59 Å². The van der Waals surface area contributed by atoms with E-state index >= 15 is 0 Å². The number of thiophene rings is 1. The van der Waals surface area contributed by atoms with E-state index in [0.717, 1.165) is 16.0 Å². The van der Waals surface area contributed by atoms with Crippen molar-refractivity contribution in [2.75, 3.05) is 13.1 Å². The zero-order valence-electron chi connectivity index (χ0n) is 15.1. The van der Waals surface area contributed by atoms with Crippen molar-refractivity contribution in [1.29, 1.82) is 0 Å². The molecule has 2 heterocycles. The van der Waals surface area contributed by atoms with Crippen LogP contribution in [0.2, 0.25) is 0 Å². The van der Waals surface area contributed by atoms with Gasteiger partial charge in [-0.1, -0.05) is 30.3 Å². The van der Waals surface area contributed by atoms with Gasteiger partial charge in [-0.2, -0.15) is 0 Å². The van der Waals surface area contributed by atoms with E-state index in [9.17, 15) is 14.4 Å². The topological polar surface area (TPSA) is 93.1 Å². The second-order valence-electron chi connectivity index (χ2n) is 5.99. The summed E-state index contributed by atoms with van der Waals surface area (Å²) in [6.07, 6.45) is 1.38. The van der Waals surface area contributed by atoms with Crippen molar-refractivity contribution in [1.82, 2.24) is 20.2 Å². The summed E-state index contributed by atoms with van der Waals surface area (Å²) in [7, 11) is 0. The molecule has 0 aliphatic heterocycles. The standard InChI is InChI=1S/C19H20N4O3S/c1-3-20-14(24)9-21-15(25)10-23-11-22-18-17(19(23)26)16(12(2)27-18)13-7-5-4-6-8-13/h4-8,11H,3,9-10H2,1-2H3,(H,20,24)(H,21,25). The molecule has 0 fully saturated rings. The summed E-state index contributed by atoms with van der Waals surface area (Å²) in [5.74, 6) is -0.690. The second kappa shape index (κ2) is 8.13. The highest BCUT2D eigenvalue weighted by Crippen LogP contribution is 2.35. The summed E-state index contributed by atoms with van der Waals surface area (Å²) in [4.78, 5) is 42.5. The summed E-state index contributed by atoms with van der Waals surface area (Å²) in [5, 5.41) is 5.62. The van der Waals surface area contributed by atoms with Gasteiger partial charge in [0.05, 0.1) is 18.3 Å². The van der Waals surface area contributed by atoms with E-state index in [0.29, 0.717) is 16.8 Å². The predicted molar refractivity (Wildman–Crippen MR) is 106 cm³/mol. The number of benzene rings is 1. The molecule has 0 radical (unpaired) electrons. The van der Waals surface area contributed by atoms with Crippen molar-refractivity contribution in [2.24, 2.45) is 0 Å². The number of carbonyl (C=O) groups is 2. The highest BCUT2D eigenvalue weighted by atomic mass is 32.1. The first-order chi connectivity index (χ1) is 13.0. The molecule has 0 aliphatic carbocycles. The Morgan fingerprint density at radius 2 is 1.89 bits per heavy atom. The Morgan fingerprint density at radius 1 is 1.15 bits per heavy atom. The fourth-order valence-electron chi connectivity index (χ4n) is 2.85. The number of hydrogen-bond acceptors (Lipinski definition) is 5. The average molecular weight is 384 g/mol. The molecule has 0 saturated heterocycles. The van der Waals surface area contributed by atoms with Crippen LogP contribution in [0.4, 0.5) is 0 Å². The van der Waals surface area contributed by atoms with Gasteiger partial charge in [-0.25, -0.2) is 4.98 Å². The lowest BCUT2D eigenvalue weighted by molar-refractivity contribution is -0.126. The number of carbonyl (C=O) groups excluding carboxylic acids is 2. The zero-order valence-corrected chi connectivity index (χ0v) is 15.9. The molecule has 3 rings (SSSR count). The molecule has 8 heteroatoms. The Labute approximate surface area is 160 Å². The van der Waals surface area contributed by atoms with E-state index in [1.54, 1.807) is 6.92 Å². The number of aryl methyl sites for hydroxylation is 1. The molecule has 0 atom stereocenters. The Kier molecular flexibility index (Phi) is 5.66. The lowest BCUT2D eigenvalue weighted by atomic mass is 10.0. The third kappa shape index (κ3) is 4.06. The fourth-order valence-corrected chi connectivity index (χ4v) is 3.85. The Bertz CT molecular complexity index is 1040. The average Bonchev–Trinajstić information content (AvgIpc) is 3.00. The van der Waals surface area contributed by atoms with E-state index < -0.39 is 5.91 Å². The molecule has 3 aromatic rings. The number of rotatable bonds is 6. The third-order valence-corrected chi connectivity index (χ3v) is 5.06. The number of nitrogens with one attached hydrogen (secondary N) is 2. The Hall–Kier alpha value is -3.00. The van der Waals surface area contributed by atoms with Gasteiger partial charge in [-0.3, -0.25) is 19.0 Å². The monoisotopic (exact) mass is 384 g/mol. The van der Waals surface area contributed by atoms with Crippen LogP contribution in [0.5, 0.6) is 0 Å². The normalized spacial score (nSPS) is 10.7. The highest BCUT2D eigenvalue weighted by Gasteiger charge is 2.17. The molecular weight excluding hydrogens is 364 g/mol. The van der Waals surface area contributed by atoms with Crippen LogP contribution in [0.3, 0.4) is 0 Å². The fraction of sp³-hybridized carbons (Fsp3) is 0.263. The van der Waals surface area contributed by atoms with Gasteiger partial charge in [0.15, 0.2) is 0 Å². The first-order valence-electron chi connectivity index (χ1n) is 8.58. The molecule has 140 valence electrons. The second-order valence-corrected chi connectivity index (χ2v) is 7.19. The maximum atomic E-state index is 13.0. The predicted octanol–water partition coefficient (Wildman–Crippen LogP) is 1.69. The molecule has 0 spiro atoms. The minimum Gasteiger partial charge on any atom is -0.355 e. The molecule has 2 N–H and O–H groups in total. The molecule has 0 saturated carbocycles. The number of likely N-dealkylation sites (N-methyl/N-ethyl adjacent to an activating group) is 1. The van der Waals surface area contributed by atoms with Crippen LogP contribution in [0.1, 0.15) is 11.8 Å². The van der Waals surface area contributed by atoms with Gasteiger partial charge >= 0.3 is 0 Å².